The first-order valence-electron chi connectivity index (χ1n) is 7.89. The first-order valence-corrected chi connectivity index (χ1v) is 7.89. The summed E-state index contributed by atoms with van der Waals surface area (Å²) in [5, 5.41) is 8.21. The number of aryl methyl sites for hydroxylation is 1. The van der Waals surface area contributed by atoms with Crippen LogP contribution in [0.4, 0.5) is 0 Å². The summed E-state index contributed by atoms with van der Waals surface area (Å²) in [5.41, 5.74) is 2.83. The van der Waals surface area contributed by atoms with Crippen molar-refractivity contribution in [2.45, 2.75) is 51.6 Å². The van der Waals surface area contributed by atoms with Gasteiger partial charge in [0.25, 0.3) is 0 Å². The third kappa shape index (κ3) is 3.61. The Hall–Kier alpha value is -0.870. The van der Waals surface area contributed by atoms with Gasteiger partial charge in [-0.25, -0.2) is 0 Å². The highest BCUT2D eigenvalue weighted by molar-refractivity contribution is 5.24. The van der Waals surface area contributed by atoms with Crippen molar-refractivity contribution >= 4 is 0 Å². The number of hydrogen-bond donors (Lipinski definition) is 1. The molecule has 0 radical (unpaired) electrons. The molecule has 2 atom stereocenters. The summed E-state index contributed by atoms with van der Waals surface area (Å²) in [6, 6.07) is 1.10. The molecule has 20 heavy (non-hydrogen) atoms. The Morgan fingerprint density at radius 1 is 1.45 bits per heavy atom. The van der Waals surface area contributed by atoms with Crippen LogP contribution in [0.2, 0.25) is 0 Å². The average Bonchev–Trinajstić information content (AvgIpc) is 2.76. The quantitative estimate of drug-likeness (QED) is 0.867. The predicted molar refractivity (Wildman–Crippen MR) is 83.8 cm³/mol. The van der Waals surface area contributed by atoms with Crippen LogP contribution in [-0.2, 0) is 13.5 Å². The van der Waals surface area contributed by atoms with Gasteiger partial charge in [0.1, 0.15) is 0 Å². The summed E-state index contributed by atoms with van der Waals surface area (Å²) in [6.07, 6.45) is 6.97. The molecule has 1 heterocycles. The lowest BCUT2D eigenvalue weighted by Gasteiger charge is -2.30. The number of aromatic nitrogens is 2. The number of rotatable bonds is 6. The molecule has 0 aliphatic heterocycles. The molecule has 1 aromatic heterocycles. The van der Waals surface area contributed by atoms with Gasteiger partial charge < -0.3 is 10.2 Å². The van der Waals surface area contributed by atoms with Crippen LogP contribution in [-0.4, -0.2) is 41.4 Å². The van der Waals surface area contributed by atoms with Gasteiger partial charge in [0.05, 0.1) is 6.20 Å². The SMILES string of the molecule is CC(C)CC(CNC1CCCc2c1cnn2C)N(C)C. The van der Waals surface area contributed by atoms with Crippen molar-refractivity contribution in [1.29, 1.82) is 0 Å². The fourth-order valence-electron chi connectivity index (χ4n) is 3.22. The minimum Gasteiger partial charge on any atom is -0.308 e. The zero-order valence-corrected chi connectivity index (χ0v) is 13.7. The van der Waals surface area contributed by atoms with Gasteiger partial charge in [-0.15, -0.1) is 0 Å². The maximum Gasteiger partial charge on any atom is 0.0540 e. The average molecular weight is 278 g/mol. The Morgan fingerprint density at radius 3 is 2.85 bits per heavy atom. The standard InChI is InChI=1S/C16H30N4/c1-12(2)9-13(19(3)4)10-17-15-7-6-8-16-14(15)11-18-20(16)5/h11-13,15,17H,6-10H2,1-5H3. The minimum absolute atomic E-state index is 0.488. The van der Waals surface area contributed by atoms with E-state index < -0.39 is 0 Å². The van der Waals surface area contributed by atoms with Gasteiger partial charge in [0.2, 0.25) is 0 Å². The molecule has 2 rings (SSSR count). The molecule has 0 spiro atoms. The van der Waals surface area contributed by atoms with Crippen LogP contribution in [0.25, 0.3) is 0 Å². The van der Waals surface area contributed by atoms with E-state index in [0.29, 0.717) is 12.1 Å². The lowest BCUT2D eigenvalue weighted by atomic mass is 9.92. The second-order valence-electron chi connectivity index (χ2n) is 6.77. The van der Waals surface area contributed by atoms with Gasteiger partial charge in [-0.1, -0.05) is 13.8 Å². The maximum atomic E-state index is 4.43. The molecular weight excluding hydrogens is 248 g/mol. The van der Waals surface area contributed by atoms with Crippen LogP contribution in [0.1, 0.15) is 50.4 Å². The monoisotopic (exact) mass is 278 g/mol. The predicted octanol–water partition coefficient (Wildman–Crippen LogP) is 2.36. The summed E-state index contributed by atoms with van der Waals surface area (Å²) < 4.78 is 2.04. The van der Waals surface area contributed by atoms with Crippen LogP contribution in [0.5, 0.6) is 0 Å². The number of likely N-dealkylation sites (N-methyl/N-ethyl adjacent to an activating group) is 1. The molecule has 0 amide bonds. The summed E-state index contributed by atoms with van der Waals surface area (Å²) in [6.45, 7) is 5.66. The molecule has 2 unspecified atom stereocenters. The second-order valence-corrected chi connectivity index (χ2v) is 6.77. The minimum atomic E-state index is 0.488. The molecule has 0 saturated carbocycles. The van der Waals surface area contributed by atoms with Crippen LogP contribution in [0, 0.1) is 5.92 Å². The van der Waals surface area contributed by atoms with E-state index in [1.807, 2.05) is 4.68 Å². The molecule has 0 bridgehead atoms. The highest BCUT2D eigenvalue weighted by Crippen LogP contribution is 2.29. The summed E-state index contributed by atoms with van der Waals surface area (Å²) in [4.78, 5) is 2.35. The zero-order valence-electron chi connectivity index (χ0n) is 13.7. The van der Waals surface area contributed by atoms with E-state index in [2.05, 4.69) is 56.5 Å². The molecular formula is C16H30N4. The van der Waals surface area contributed by atoms with E-state index in [9.17, 15) is 0 Å². The third-order valence-electron chi connectivity index (χ3n) is 4.45. The molecule has 1 aliphatic rings. The fraction of sp³-hybridized carbons (Fsp3) is 0.812. The third-order valence-corrected chi connectivity index (χ3v) is 4.45. The number of nitrogens with zero attached hydrogens (tertiary/aromatic N) is 3. The Labute approximate surface area is 123 Å². The van der Waals surface area contributed by atoms with Crippen molar-refractivity contribution in [2.75, 3.05) is 20.6 Å². The number of hydrogen-bond acceptors (Lipinski definition) is 3. The van der Waals surface area contributed by atoms with E-state index in [-0.39, 0.29) is 0 Å². The van der Waals surface area contributed by atoms with E-state index in [1.54, 1.807) is 0 Å². The fourth-order valence-corrected chi connectivity index (χ4v) is 3.22. The molecule has 4 nitrogen and oxygen atoms in total. The largest absolute Gasteiger partial charge is 0.308 e. The molecule has 4 heteroatoms. The van der Waals surface area contributed by atoms with E-state index in [4.69, 9.17) is 0 Å². The molecule has 1 aromatic rings. The molecule has 114 valence electrons. The first kappa shape index (κ1) is 15.5. The Balaban J connectivity index is 1.97. The van der Waals surface area contributed by atoms with Gasteiger partial charge in [-0.3, -0.25) is 4.68 Å². The van der Waals surface area contributed by atoms with Gasteiger partial charge in [-0.2, -0.15) is 5.10 Å². The molecule has 0 saturated heterocycles. The topological polar surface area (TPSA) is 33.1 Å². The Kier molecular flexibility index (Phi) is 5.22. The summed E-state index contributed by atoms with van der Waals surface area (Å²) in [5.74, 6) is 0.740. The molecule has 0 fully saturated rings. The first-order chi connectivity index (χ1) is 9.49. The van der Waals surface area contributed by atoms with E-state index >= 15 is 0 Å². The molecule has 1 aliphatic carbocycles. The van der Waals surface area contributed by atoms with Gasteiger partial charge >= 0.3 is 0 Å². The van der Waals surface area contributed by atoms with E-state index in [1.165, 1.54) is 36.9 Å². The zero-order chi connectivity index (χ0) is 14.7. The van der Waals surface area contributed by atoms with E-state index in [0.717, 1.165) is 12.5 Å². The summed E-state index contributed by atoms with van der Waals surface area (Å²) >= 11 is 0. The van der Waals surface area contributed by atoms with Crippen LogP contribution < -0.4 is 5.32 Å². The van der Waals surface area contributed by atoms with Gasteiger partial charge in [-0.05, 0) is 45.7 Å². The summed E-state index contributed by atoms with van der Waals surface area (Å²) in [7, 11) is 6.43. The Bertz CT molecular complexity index is 422. The second kappa shape index (κ2) is 6.72. The lowest BCUT2D eigenvalue weighted by molar-refractivity contribution is 0.237. The number of nitrogens with one attached hydrogen (secondary N) is 1. The highest BCUT2D eigenvalue weighted by Gasteiger charge is 2.24. The Morgan fingerprint density at radius 2 is 2.20 bits per heavy atom. The van der Waals surface area contributed by atoms with Crippen LogP contribution in [0.3, 0.4) is 0 Å². The normalized spacial score (nSPS) is 20.4. The highest BCUT2D eigenvalue weighted by atomic mass is 15.3. The number of fused-ring (bicyclic) bond motifs is 1. The van der Waals surface area contributed by atoms with Gasteiger partial charge in [0.15, 0.2) is 0 Å². The van der Waals surface area contributed by atoms with Crippen molar-refractivity contribution < 1.29 is 0 Å². The van der Waals surface area contributed by atoms with Crippen molar-refractivity contribution in [3.8, 4) is 0 Å². The van der Waals surface area contributed by atoms with Gasteiger partial charge in [0, 0.05) is 36.9 Å². The van der Waals surface area contributed by atoms with Crippen LogP contribution in [0.15, 0.2) is 6.20 Å². The lowest BCUT2D eigenvalue weighted by Crippen LogP contribution is -2.40. The maximum absolute atomic E-state index is 4.43. The smallest absolute Gasteiger partial charge is 0.0540 e. The van der Waals surface area contributed by atoms with Crippen LogP contribution >= 0.6 is 0 Å². The molecule has 1 N–H and O–H groups in total. The van der Waals surface area contributed by atoms with Crippen molar-refractivity contribution in [3.63, 3.8) is 0 Å². The van der Waals surface area contributed by atoms with Crippen molar-refractivity contribution in [1.82, 2.24) is 20.0 Å². The van der Waals surface area contributed by atoms with Crippen molar-refractivity contribution in [2.24, 2.45) is 13.0 Å². The van der Waals surface area contributed by atoms with Crippen molar-refractivity contribution in [3.05, 3.63) is 17.5 Å². The molecule has 0 aromatic carbocycles.